The molecule has 0 spiro atoms. The molecule has 2 nitrogen and oxygen atoms in total. The lowest BCUT2D eigenvalue weighted by Crippen LogP contribution is -2.15. The van der Waals surface area contributed by atoms with E-state index >= 15 is 0 Å². The van der Waals surface area contributed by atoms with E-state index < -0.39 is 0 Å². The number of aromatic nitrogens is 2. The highest BCUT2D eigenvalue weighted by Crippen LogP contribution is 2.43. The average Bonchev–Trinajstić information content (AvgIpc) is 3.24. The summed E-state index contributed by atoms with van der Waals surface area (Å²) in [5.74, 6) is 2.82. The standard InChI is InChI=1S/C33H46N2/c1-7-13-26(14-8-2)28-17-12-18-29(27-15-10-9-11-16-27)32(28)35-25(6)22-34-33(35)30-20-19-24(5)21-31(30)23(3)4/h12,17-23,26-27H,7-11,13-16H2,1-6H3. The number of nitrogens with zero attached hydrogens (tertiary/aromatic N) is 2. The van der Waals surface area contributed by atoms with E-state index in [0.717, 1.165) is 5.82 Å². The van der Waals surface area contributed by atoms with Crippen LogP contribution in [0.5, 0.6) is 0 Å². The van der Waals surface area contributed by atoms with Crippen LogP contribution in [0.4, 0.5) is 0 Å². The van der Waals surface area contributed by atoms with Gasteiger partial charge < -0.3 is 0 Å². The summed E-state index contributed by atoms with van der Waals surface area (Å²) in [4.78, 5) is 5.08. The van der Waals surface area contributed by atoms with E-state index in [1.165, 1.54) is 91.4 Å². The summed E-state index contributed by atoms with van der Waals surface area (Å²) in [5.41, 5.74) is 9.79. The minimum atomic E-state index is 0.455. The summed E-state index contributed by atoms with van der Waals surface area (Å²) < 4.78 is 2.54. The summed E-state index contributed by atoms with van der Waals surface area (Å²) in [7, 11) is 0. The molecule has 0 unspecified atom stereocenters. The molecule has 0 amide bonds. The van der Waals surface area contributed by atoms with Crippen LogP contribution in [0.1, 0.15) is 131 Å². The first-order chi connectivity index (χ1) is 17.0. The number of imidazole rings is 1. The average molecular weight is 471 g/mol. The van der Waals surface area contributed by atoms with Gasteiger partial charge in [0.25, 0.3) is 0 Å². The van der Waals surface area contributed by atoms with Crippen LogP contribution in [-0.2, 0) is 0 Å². The third kappa shape index (κ3) is 5.42. The number of hydrogen-bond donors (Lipinski definition) is 0. The fourth-order valence-electron chi connectivity index (χ4n) is 6.34. The SMILES string of the molecule is CCCC(CCC)c1cccc(C2CCCCC2)c1-n1c(C)cnc1-c1ccc(C)cc1C(C)C. The van der Waals surface area contributed by atoms with Crippen LogP contribution in [0.15, 0.2) is 42.6 Å². The number of para-hydroxylation sites is 1. The molecule has 1 fully saturated rings. The van der Waals surface area contributed by atoms with Gasteiger partial charge >= 0.3 is 0 Å². The highest BCUT2D eigenvalue weighted by atomic mass is 15.1. The maximum absolute atomic E-state index is 5.08. The molecule has 1 aliphatic carbocycles. The van der Waals surface area contributed by atoms with Gasteiger partial charge in [0.15, 0.2) is 0 Å². The number of aryl methyl sites for hydroxylation is 2. The zero-order valence-electron chi connectivity index (χ0n) is 23.0. The molecule has 0 aliphatic heterocycles. The molecule has 188 valence electrons. The van der Waals surface area contributed by atoms with E-state index in [9.17, 15) is 0 Å². The first-order valence-electron chi connectivity index (χ1n) is 14.2. The van der Waals surface area contributed by atoms with Crippen molar-refractivity contribution in [2.75, 3.05) is 0 Å². The van der Waals surface area contributed by atoms with Crippen LogP contribution in [0, 0.1) is 13.8 Å². The van der Waals surface area contributed by atoms with Gasteiger partial charge in [-0.1, -0.05) is 102 Å². The Morgan fingerprint density at radius 1 is 0.914 bits per heavy atom. The van der Waals surface area contributed by atoms with Gasteiger partial charge in [0.2, 0.25) is 0 Å². The Kier molecular flexibility index (Phi) is 8.52. The van der Waals surface area contributed by atoms with E-state index in [1.54, 1.807) is 5.56 Å². The number of hydrogen-bond acceptors (Lipinski definition) is 1. The van der Waals surface area contributed by atoms with Crippen molar-refractivity contribution in [3.05, 3.63) is 70.5 Å². The summed E-state index contributed by atoms with van der Waals surface area (Å²) in [5, 5.41) is 0. The van der Waals surface area contributed by atoms with E-state index in [4.69, 9.17) is 4.98 Å². The van der Waals surface area contributed by atoms with Crippen molar-refractivity contribution < 1.29 is 0 Å². The minimum absolute atomic E-state index is 0.455. The second-order valence-electron chi connectivity index (χ2n) is 11.2. The van der Waals surface area contributed by atoms with Gasteiger partial charge in [0, 0.05) is 17.5 Å². The second kappa shape index (κ2) is 11.6. The molecule has 4 rings (SSSR count). The zero-order valence-corrected chi connectivity index (χ0v) is 23.0. The van der Waals surface area contributed by atoms with Gasteiger partial charge in [-0.05, 0) is 74.0 Å². The van der Waals surface area contributed by atoms with Crippen LogP contribution in [0.25, 0.3) is 17.1 Å². The van der Waals surface area contributed by atoms with Crippen molar-refractivity contribution in [2.24, 2.45) is 0 Å². The van der Waals surface area contributed by atoms with E-state index in [1.807, 2.05) is 0 Å². The van der Waals surface area contributed by atoms with Crippen molar-refractivity contribution in [2.45, 2.75) is 117 Å². The summed E-state index contributed by atoms with van der Waals surface area (Å²) in [6.07, 6.45) is 13.8. The first-order valence-corrected chi connectivity index (χ1v) is 14.2. The first kappa shape index (κ1) is 25.7. The number of benzene rings is 2. The molecule has 0 atom stereocenters. The van der Waals surface area contributed by atoms with Gasteiger partial charge in [-0.25, -0.2) is 4.98 Å². The van der Waals surface area contributed by atoms with Gasteiger partial charge in [-0.15, -0.1) is 0 Å². The molecule has 0 saturated heterocycles. The zero-order chi connectivity index (χ0) is 24.9. The smallest absolute Gasteiger partial charge is 0.144 e. The van der Waals surface area contributed by atoms with E-state index in [-0.39, 0.29) is 0 Å². The molecular weight excluding hydrogens is 424 g/mol. The second-order valence-corrected chi connectivity index (χ2v) is 11.2. The fourth-order valence-corrected chi connectivity index (χ4v) is 6.34. The number of rotatable bonds is 9. The largest absolute Gasteiger partial charge is 0.296 e. The monoisotopic (exact) mass is 470 g/mol. The third-order valence-corrected chi connectivity index (χ3v) is 8.09. The normalized spacial score (nSPS) is 14.9. The van der Waals surface area contributed by atoms with Crippen molar-refractivity contribution in [3.63, 3.8) is 0 Å². The molecule has 0 radical (unpaired) electrons. The molecular formula is C33H46N2. The summed E-state index contributed by atoms with van der Waals surface area (Å²) >= 11 is 0. The molecule has 2 heteroatoms. The fraction of sp³-hybridized carbons (Fsp3) is 0.545. The van der Waals surface area contributed by atoms with Gasteiger partial charge in [-0.2, -0.15) is 0 Å². The van der Waals surface area contributed by atoms with E-state index in [0.29, 0.717) is 17.8 Å². The Hall–Kier alpha value is -2.35. The third-order valence-electron chi connectivity index (χ3n) is 8.09. The molecule has 0 bridgehead atoms. The highest BCUT2D eigenvalue weighted by molar-refractivity contribution is 5.67. The predicted octanol–water partition coefficient (Wildman–Crippen LogP) is 10.0. The van der Waals surface area contributed by atoms with Crippen LogP contribution in [-0.4, -0.2) is 9.55 Å². The quantitative estimate of drug-likeness (QED) is 0.304. The van der Waals surface area contributed by atoms with Crippen LogP contribution >= 0.6 is 0 Å². The molecule has 0 N–H and O–H groups in total. The molecule has 2 aromatic carbocycles. The van der Waals surface area contributed by atoms with Crippen molar-refractivity contribution in [1.82, 2.24) is 9.55 Å². The van der Waals surface area contributed by atoms with Gasteiger partial charge in [-0.3, -0.25) is 4.57 Å². The molecule has 1 aromatic heterocycles. The maximum Gasteiger partial charge on any atom is 0.144 e. The summed E-state index contributed by atoms with van der Waals surface area (Å²) in [6.45, 7) is 13.7. The predicted molar refractivity (Wildman–Crippen MR) is 151 cm³/mol. The Balaban J connectivity index is 1.99. The minimum Gasteiger partial charge on any atom is -0.296 e. The molecule has 1 saturated carbocycles. The lowest BCUT2D eigenvalue weighted by molar-refractivity contribution is 0.442. The topological polar surface area (TPSA) is 17.8 Å². The van der Waals surface area contributed by atoms with Crippen LogP contribution in [0.2, 0.25) is 0 Å². The van der Waals surface area contributed by atoms with Crippen LogP contribution < -0.4 is 0 Å². The lowest BCUT2D eigenvalue weighted by Gasteiger charge is -2.30. The van der Waals surface area contributed by atoms with Gasteiger partial charge in [0.1, 0.15) is 5.82 Å². The Morgan fingerprint density at radius 3 is 2.29 bits per heavy atom. The Bertz CT molecular complexity index is 1110. The van der Waals surface area contributed by atoms with Crippen LogP contribution in [0.3, 0.4) is 0 Å². The molecule has 1 aliphatic rings. The Morgan fingerprint density at radius 2 is 1.63 bits per heavy atom. The van der Waals surface area contributed by atoms with Crippen molar-refractivity contribution >= 4 is 0 Å². The lowest BCUT2D eigenvalue weighted by atomic mass is 9.80. The highest BCUT2D eigenvalue weighted by Gasteiger charge is 2.27. The summed E-state index contributed by atoms with van der Waals surface area (Å²) in [6, 6.07) is 14.1. The Labute approximate surface area is 214 Å². The molecule has 3 aromatic rings. The van der Waals surface area contributed by atoms with Crippen molar-refractivity contribution in [3.8, 4) is 17.1 Å². The molecule has 1 heterocycles. The molecule has 35 heavy (non-hydrogen) atoms. The maximum atomic E-state index is 5.08. The van der Waals surface area contributed by atoms with Crippen molar-refractivity contribution in [1.29, 1.82) is 0 Å². The van der Waals surface area contributed by atoms with E-state index in [2.05, 4.69) is 88.7 Å². The van der Waals surface area contributed by atoms with Gasteiger partial charge in [0.05, 0.1) is 5.69 Å².